The smallest absolute Gasteiger partial charge is 0.195 e. The molecule has 0 aromatic rings. The van der Waals surface area contributed by atoms with Crippen LogP contribution in [0.4, 0.5) is 0 Å². The first-order valence-corrected chi connectivity index (χ1v) is 8.45. The molecule has 0 saturated heterocycles. The zero-order valence-electron chi connectivity index (χ0n) is 15.1. The summed E-state index contributed by atoms with van der Waals surface area (Å²) in [7, 11) is 0. The van der Waals surface area contributed by atoms with Crippen molar-refractivity contribution in [3.63, 3.8) is 0 Å². The van der Waals surface area contributed by atoms with Crippen LogP contribution in [0.15, 0.2) is 20.0 Å². The lowest BCUT2D eigenvalue weighted by atomic mass is 10.2. The topological polar surface area (TPSA) is 218 Å². The van der Waals surface area contributed by atoms with Crippen molar-refractivity contribution in [2.75, 3.05) is 39.4 Å². The van der Waals surface area contributed by atoms with Gasteiger partial charge in [-0.25, -0.2) is 0 Å². The largest absolute Gasteiger partial charge is 0.394 e. The average molecular weight is 372 g/mol. The van der Waals surface area contributed by atoms with Gasteiger partial charge < -0.3 is 33.1 Å². The number of aliphatic hydroxyl groups excluding tert-OH is 2. The third-order valence-corrected chi connectivity index (χ3v) is 2.91. The summed E-state index contributed by atoms with van der Waals surface area (Å²) in [6.07, 6.45) is 3.73. The van der Waals surface area contributed by atoms with Crippen LogP contribution in [0.2, 0.25) is 0 Å². The van der Waals surface area contributed by atoms with E-state index in [1.165, 1.54) is 0 Å². The Hall–Kier alpha value is -2.60. The molecule has 0 radical (unpaired) electrons. The molecular weight excluding hydrogens is 340 g/mol. The zero-order chi connectivity index (χ0) is 19.6. The Balaban J connectivity index is 3.77. The van der Waals surface area contributed by atoms with Gasteiger partial charge in [-0.2, -0.15) is 0 Å². The van der Waals surface area contributed by atoms with E-state index in [2.05, 4.69) is 30.6 Å². The normalized spacial score (nSPS) is 13.8. The number of hydrogen-bond acceptors (Lipinski definition) is 6. The first-order chi connectivity index (χ1) is 12.5. The number of aliphatic imine (C=N–C) groups is 4. The Bertz CT molecular complexity index is 446. The number of aliphatic hydroxyl groups is 2. The van der Waals surface area contributed by atoms with E-state index >= 15 is 0 Å². The highest BCUT2D eigenvalue weighted by atomic mass is 16.3. The van der Waals surface area contributed by atoms with E-state index in [1.54, 1.807) is 0 Å². The molecule has 0 rings (SSSR count). The van der Waals surface area contributed by atoms with Crippen molar-refractivity contribution in [2.24, 2.45) is 42.9 Å². The maximum absolute atomic E-state index is 8.62. The quantitative estimate of drug-likeness (QED) is 0.106. The van der Waals surface area contributed by atoms with Gasteiger partial charge in [0.15, 0.2) is 23.8 Å². The molecule has 0 aliphatic carbocycles. The summed E-state index contributed by atoms with van der Waals surface area (Å²) in [5.74, 6) is 0.666. The molecule has 0 unspecified atom stereocenters. The van der Waals surface area contributed by atoms with Crippen LogP contribution in [-0.2, 0) is 0 Å². The van der Waals surface area contributed by atoms with Crippen molar-refractivity contribution < 1.29 is 10.2 Å². The fourth-order valence-corrected chi connectivity index (χ4v) is 1.74. The summed E-state index contributed by atoms with van der Waals surface area (Å²) in [4.78, 5) is 15.9. The van der Waals surface area contributed by atoms with Crippen LogP contribution in [0.3, 0.4) is 0 Å². The fourth-order valence-electron chi connectivity index (χ4n) is 1.74. The molecule has 0 saturated carbocycles. The van der Waals surface area contributed by atoms with Crippen LogP contribution in [0, 0.1) is 0 Å². The van der Waals surface area contributed by atoms with Crippen molar-refractivity contribution in [1.29, 1.82) is 0 Å². The molecule has 12 nitrogen and oxygen atoms in total. The SMILES string of the molecule is NC(=NCCO)NC(N)=NCCCCCCN=C(N)NC(N)=NCCO. The van der Waals surface area contributed by atoms with Crippen molar-refractivity contribution in [3.8, 4) is 0 Å². The van der Waals surface area contributed by atoms with Crippen LogP contribution in [0.5, 0.6) is 0 Å². The van der Waals surface area contributed by atoms with E-state index < -0.39 is 0 Å². The monoisotopic (exact) mass is 372 g/mol. The van der Waals surface area contributed by atoms with Gasteiger partial charge >= 0.3 is 0 Å². The molecule has 0 heterocycles. The summed E-state index contributed by atoms with van der Waals surface area (Å²) < 4.78 is 0. The number of unbranched alkanes of at least 4 members (excludes halogenated alkanes) is 3. The van der Waals surface area contributed by atoms with E-state index in [-0.39, 0.29) is 50.1 Å². The first-order valence-electron chi connectivity index (χ1n) is 8.45. The maximum atomic E-state index is 8.62. The van der Waals surface area contributed by atoms with Crippen LogP contribution in [0.1, 0.15) is 25.7 Å². The lowest BCUT2D eigenvalue weighted by molar-refractivity contribution is 0.306. The minimum atomic E-state index is -0.0735. The lowest BCUT2D eigenvalue weighted by Crippen LogP contribution is -2.42. The van der Waals surface area contributed by atoms with Gasteiger partial charge in [-0.15, -0.1) is 0 Å². The van der Waals surface area contributed by atoms with Crippen LogP contribution in [0.25, 0.3) is 0 Å². The second-order valence-electron chi connectivity index (χ2n) is 5.18. The number of guanidine groups is 4. The summed E-state index contributed by atoms with van der Waals surface area (Å²) in [6, 6.07) is 0. The van der Waals surface area contributed by atoms with Crippen molar-refractivity contribution in [1.82, 2.24) is 10.6 Å². The Kier molecular flexibility index (Phi) is 14.3. The molecule has 0 aromatic carbocycles. The predicted octanol–water partition coefficient (Wildman–Crippen LogP) is -3.03. The van der Waals surface area contributed by atoms with Gasteiger partial charge in [0.25, 0.3) is 0 Å². The second kappa shape index (κ2) is 15.9. The Labute approximate surface area is 153 Å². The fraction of sp³-hybridized carbons (Fsp3) is 0.714. The summed E-state index contributed by atoms with van der Waals surface area (Å²) >= 11 is 0. The predicted molar refractivity (Wildman–Crippen MR) is 105 cm³/mol. The van der Waals surface area contributed by atoms with Gasteiger partial charge in [-0.1, -0.05) is 12.8 Å². The Morgan fingerprint density at radius 2 is 0.846 bits per heavy atom. The zero-order valence-corrected chi connectivity index (χ0v) is 15.1. The molecule has 0 fully saturated rings. The molecule has 150 valence electrons. The van der Waals surface area contributed by atoms with Crippen molar-refractivity contribution in [3.05, 3.63) is 0 Å². The molecule has 0 aliphatic heterocycles. The standard InChI is InChI=1S/C14H32N10O2/c15-11(23-13(17)21-7-9-25)19-5-3-1-2-4-6-20-12(16)24-14(18)22-8-10-26/h25-26H,1-10H2,(H5,15,17,19,21,23)(H5,16,18,20,22,24). The molecule has 12 N–H and O–H groups in total. The molecule has 12 heteroatoms. The molecule has 26 heavy (non-hydrogen) atoms. The maximum Gasteiger partial charge on any atom is 0.195 e. The van der Waals surface area contributed by atoms with Gasteiger partial charge in [0.2, 0.25) is 0 Å². The average Bonchev–Trinajstić information content (AvgIpc) is 2.60. The van der Waals surface area contributed by atoms with Crippen LogP contribution < -0.4 is 33.6 Å². The van der Waals surface area contributed by atoms with Gasteiger partial charge in [0.05, 0.1) is 26.3 Å². The van der Waals surface area contributed by atoms with E-state index in [9.17, 15) is 0 Å². The van der Waals surface area contributed by atoms with Gasteiger partial charge in [-0.3, -0.25) is 30.6 Å². The summed E-state index contributed by atoms with van der Waals surface area (Å²) in [5, 5.41) is 22.5. The van der Waals surface area contributed by atoms with Gasteiger partial charge in [-0.05, 0) is 12.8 Å². The molecule has 0 aromatic heterocycles. The summed E-state index contributed by atoms with van der Waals surface area (Å²) in [6.45, 7) is 1.45. The second-order valence-corrected chi connectivity index (χ2v) is 5.18. The molecule has 0 aliphatic rings. The molecule has 0 atom stereocenters. The van der Waals surface area contributed by atoms with E-state index in [4.69, 9.17) is 33.1 Å². The number of nitrogens with one attached hydrogen (secondary N) is 2. The van der Waals surface area contributed by atoms with Crippen molar-refractivity contribution >= 4 is 23.8 Å². The molecule has 0 bridgehead atoms. The van der Waals surface area contributed by atoms with Gasteiger partial charge in [0.1, 0.15) is 0 Å². The summed E-state index contributed by atoms with van der Waals surface area (Å²) in [5.41, 5.74) is 22.4. The number of hydrogen-bond donors (Lipinski definition) is 8. The highest BCUT2D eigenvalue weighted by Gasteiger charge is 1.96. The Morgan fingerprint density at radius 3 is 1.15 bits per heavy atom. The van der Waals surface area contributed by atoms with E-state index in [0.717, 1.165) is 25.7 Å². The molecule has 0 spiro atoms. The van der Waals surface area contributed by atoms with Gasteiger partial charge in [0, 0.05) is 13.1 Å². The number of nitrogens with zero attached hydrogens (tertiary/aromatic N) is 4. The minimum Gasteiger partial charge on any atom is -0.394 e. The first kappa shape index (κ1) is 23.4. The number of rotatable bonds is 11. The lowest BCUT2D eigenvalue weighted by Gasteiger charge is -2.05. The third-order valence-electron chi connectivity index (χ3n) is 2.91. The Morgan fingerprint density at radius 1 is 0.538 bits per heavy atom. The van der Waals surface area contributed by atoms with E-state index in [1.807, 2.05) is 0 Å². The highest BCUT2D eigenvalue weighted by Crippen LogP contribution is 2.00. The molecular formula is C14H32N10O2. The third kappa shape index (κ3) is 15.0. The van der Waals surface area contributed by atoms with Crippen molar-refractivity contribution in [2.45, 2.75) is 25.7 Å². The highest BCUT2D eigenvalue weighted by molar-refractivity contribution is 5.97. The minimum absolute atomic E-state index is 0.0735. The van der Waals surface area contributed by atoms with Crippen LogP contribution >= 0.6 is 0 Å². The van der Waals surface area contributed by atoms with E-state index in [0.29, 0.717) is 13.1 Å². The number of nitrogens with two attached hydrogens (primary N) is 4. The molecule has 0 amide bonds. The van der Waals surface area contributed by atoms with Crippen LogP contribution in [-0.4, -0.2) is 73.4 Å².